The van der Waals surface area contributed by atoms with E-state index in [-0.39, 0.29) is 5.41 Å². The van der Waals surface area contributed by atoms with Gasteiger partial charge in [0.15, 0.2) is 0 Å². The lowest BCUT2D eigenvalue weighted by Gasteiger charge is -2.33. The van der Waals surface area contributed by atoms with E-state index in [4.69, 9.17) is 4.74 Å². The topological polar surface area (TPSA) is 21.3 Å². The molecule has 0 amide bonds. The summed E-state index contributed by atoms with van der Waals surface area (Å²) < 4.78 is 5.32. The molecule has 0 bridgehead atoms. The third kappa shape index (κ3) is 1.82. The van der Waals surface area contributed by atoms with Gasteiger partial charge in [0.1, 0.15) is 5.75 Å². The van der Waals surface area contributed by atoms with E-state index in [1.54, 1.807) is 7.11 Å². The molecule has 2 nitrogen and oxygen atoms in total. The summed E-state index contributed by atoms with van der Waals surface area (Å²) in [5.41, 5.74) is 1.70. The van der Waals surface area contributed by atoms with Crippen LogP contribution in [0.3, 0.4) is 0 Å². The molecule has 1 aliphatic rings. The summed E-state index contributed by atoms with van der Waals surface area (Å²) in [6.07, 6.45) is 1.22. The maximum Gasteiger partial charge on any atom is 0.119 e. The molecule has 1 saturated heterocycles. The van der Waals surface area contributed by atoms with Gasteiger partial charge in [0.05, 0.1) is 7.11 Å². The molecule has 1 fully saturated rings. The Morgan fingerprint density at radius 3 is 2.75 bits per heavy atom. The quantitative estimate of drug-likeness (QED) is 0.843. The lowest BCUT2D eigenvalue weighted by Crippen LogP contribution is -2.34. The molecule has 1 atom stereocenters. The normalized spacial score (nSPS) is 25.0. The predicted molar refractivity (Wildman–Crippen MR) is 67.0 cm³/mol. The second-order valence-electron chi connectivity index (χ2n) is 4.97. The fraction of sp³-hybridized carbons (Fsp3) is 0.571. The molecule has 2 rings (SSSR count). The van der Waals surface area contributed by atoms with Crippen LogP contribution in [0, 0.1) is 5.92 Å². The van der Waals surface area contributed by atoms with Gasteiger partial charge in [-0.05, 0) is 36.6 Å². The Morgan fingerprint density at radius 2 is 2.19 bits per heavy atom. The molecular weight excluding hydrogens is 198 g/mol. The van der Waals surface area contributed by atoms with E-state index in [2.05, 4.69) is 37.4 Å². The van der Waals surface area contributed by atoms with Crippen molar-refractivity contribution in [1.82, 2.24) is 5.32 Å². The molecule has 0 aromatic heterocycles. The molecule has 1 N–H and O–H groups in total. The van der Waals surface area contributed by atoms with E-state index in [1.807, 2.05) is 6.07 Å². The zero-order chi connectivity index (χ0) is 11.6. The van der Waals surface area contributed by atoms with Crippen LogP contribution in [0.25, 0.3) is 0 Å². The molecule has 1 heterocycles. The number of hydrogen-bond donors (Lipinski definition) is 1. The largest absolute Gasteiger partial charge is 0.497 e. The van der Waals surface area contributed by atoms with E-state index in [0.29, 0.717) is 5.92 Å². The van der Waals surface area contributed by atoms with Crippen LogP contribution < -0.4 is 10.1 Å². The standard InChI is InChI=1S/C14H21NO/c1-11(2)14(7-8-15-10-14)12-5-4-6-13(9-12)16-3/h4-6,9,11,15H,7-8,10H2,1-3H3/t14-/m1/s1. The Hall–Kier alpha value is -1.02. The third-order valence-electron chi connectivity index (χ3n) is 3.94. The summed E-state index contributed by atoms with van der Waals surface area (Å²) in [6.45, 7) is 6.83. The Kier molecular flexibility index (Phi) is 3.20. The summed E-state index contributed by atoms with van der Waals surface area (Å²) in [5, 5.41) is 3.49. The highest BCUT2D eigenvalue weighted by Crippen LogP contribution is 2.38. The van der Waals surface area contributed by atoms with Crippen LogP contribution in [0.4, 0.5) is 0 Å². The molecule has 2 heteroatoms. The van der Waals surface area contributed by atoms with Crippen molar-refractivity contribution in [2.45, 2.75) is 25.7 Å². The minimum atomic E-state index is 0.286. The van der Waals surface area contributed by atoms with Crippen LogP contribution in [-0.4, -0.2) is 20.2 Å². The van der Waals surface area contributed by atoms with Crippen LogP contribution in [-0.2, 0) is 5.41 Å². The van der Waals surface area contributed by atoms with Gasteiger partial charge in [0, 0.05) is 12.0 Å². The van der Waals surface area contributed by atoms with Crippen molar-refractivity contribution in [1.29, 1.82) is 0 Å². The van der Waals surface area contributed by atoms with Gasteiger partial charge < -0.3 is 10.1 Å². The fourth-order valence-electron chi connectivity index (χ4n) is 2.72. The molecule has 0 saturated carbocycles. The Morgan fingerprint density at radius 1 is 1.38 bits per heavy atom. The maximum absolute atomic E-state index is 5.32. The molecular formula is C14H21NO. The highest BCUT2D eigenvalue weighted by Gasteiger charge is 2.38. The average molecular weight is 219 g/mol. The fourth-order valence-corrected chi connectivity index (χ4v) is 2.72. The Labute approximate surface area is 98.0 Å². The van der Waals surface area contributed by atoms with Crippen molar-refractivity contribution in [3.8, 4) is 5.75 Å². The first-order valence-electron chi connectivity index (χ1n) is 6.04. The van der Waals surface area contributed by atoms with E-state index in [0.717, 1.165) is 18.8 Å². The Balaban J connectivity index is 2.39. The highest BCUT2D eigenvalue weighted by atomic mass is 16.5. The van der Waals surface area contributed by atoms with Crippen molar-refractivity contribution >= 4 is 0 Å². The van der Waals surface area contributed by atoms with Crippen molar-refractivity contribution in [2.24, 2.45) is 5.92 Å². The maximum atomic E-state index is 5.32. The van der Waals surface area contributed by atoms with Gasteiger partial charge in [0.2, 0.25) is 0 Å². The van der Waals surface area contributed by atoms with Gasteiger partial charge in [-0.3, -0.25) is 0 Å². The third-order valence-corrected chi connectivity index (χ3v) is 3.94. The minimum Gasteiger partial charge on any atom is -0.497 e. The van der Waals surface area contributed by atoms with Crippen LogP contribution in [0.1, 0.15) is 25.8 Å². The zero-order valence-corrected chi connectivity index (χ0v) is 10.4. The van der Waals surface area contributed by atoms with Crippen molar-refractivity contribution in [3.05, 3.63) is 29.8 Å². The first-order valence-corrected chi connectivity index (χ1v) is 6.04. The monoisotopic (exact) mass is 219 g/mol. The summed E-state index contributed by atoms with van der Waals surface area (Å²) in [6, 6.07) is 8.53. The molecule has 1 aromatic rings. The average Bonchev–Trinajstić information content (AvgIpc) is 2.79. The van der Waals surface area contributed by atoms with E-state index < -0.39 is 0 Å². The zero-order valence-electron chi connectivity index (χ0n) is 10.4. The number of rotatable bonds is 3. The van der Waals surface area contributed by atoms with Gasteiger partial charge in [-0.15, -0.1) is 0 Å². The first-order chi connectivity index (χ1) is 7.69. The van der Waals surface area contributed by atoms with Gasteiger partial charge >= 0.3 is 0 Å². The molecule has 16 heavy (non-hydrogen) atoms. The lowest BCUT2D eigenvalue weighted by molar-refractivity contribution is 0.334. The molecule has 1 aliphatic heterocycles. The van der Waals surface area contributed by atoms with E-state index in [1.165, 1.54) is 12.0 Å². The first kappa shape index (κ1) is 11.5. The number of ether oxygens (including phenoxy) is 1. The van der Waals surface area contributed by atoms with E-state index in [9.17, 15) is 0 Å². The summed E-state index contributed by atoms with van der Waals surface area (Å²) in [5.74, 6) is 1.61. The van der Waals surface area contributed by atoms with Crippen molar-refractivity contribution < 1.29 is 4.74 Å². The number of methoxy groups -OCH3 is 1. The summed E-state index contributed by atoms with van der Waals surface area (Å²) in [4.78, 5) is 0. The van der Waals surface area contributed by atoms with Gasteiger partial charge in [0.25, 0.3) is 0 Å². The summed E-state index contributed by atoms with van der Waals surface area (Å²) in [7, 11) is 1.73. The number of benzene rings is 1. The smallest absolute Gasteiger partial charge is 0.119 e. The number of nitrogens with one attached hydrogen (secondary N) is 1. The molecule has 0 aliphatic carbocycles. The number of hydrogen-bond acceptors (Lipinski definition) is 2. The Bertz CT molecular complexity index is 354. The molecule has 0 unspecified atom stereocenters. The SMILES string of the molecule is COc1cccc([C@]2(C(C)C)CCNC2)c1. The van der Waals surface area contributed by atoms with Gasteiger partial charge in [-0.2, -0.15) is 0 Å². The van der Waals surface area contributed by atoms with Crippen molar-refractivity contribution in [3.63, 3.8) is 0 Å². The molecule has 88 valence electrons. The van der Waals surface area contributed by atoms with E-state index >= 15 is 0 Å². The molecule has 1 aromatic carbocycles. The minimum absolute atomic E-state index is 0.286. The highest BCUT2D eigenvalue weighted by molar-refractivity contribution is 5.35. The van der Waals surface area contributed by atoms with Crippen LogP contribution in [0.15, 0.2) is 24.3 Å². The van der Waals surface area contributed by atoms with Crippen LogP contribution >= 0.6 is 0 Å². The van der Waals surface area contributed by atoms with Gasteiger partial charge in [-0.25, -0.2) is 0 Å². The second-order valence-corrected chi connectivity index (χ2v) is 4.97. The molecule has 0 spiro atoms. The molecule has 0 radical (unpaired) electrons. The summed E-state index contributed by atoms with van der Waals surface area (Å²) >= 11 is 0. The van der Waals surface area contributed by atoms with Crippen LogP contribution in [0.5, 0.6) is 5.75 Å². The second kappa shape index (κ2) is 4.46. The predicted octanol–water partition coefficient (Wildman–Crippen LogP) is 2.58. The van der Waals surface area contributed by atoms with Gasteiger partial charge in [-0.1, -0.05) is 26.0 Å². The van der Waals surface area contributed by atoms with Crippen molar-refractivity contribution in [2.75, 3.05) is 20.2 Å². The lowest BCUT2D eigenvalue weighted by atomic mass is 9.71. The van der Waals surface area contributed by atoms with Crippen LogP contribution in [0.2, 0.25) is 0 Å².